The molecule has 1 heterocycles. The van der Waals surface area contributed by atoms with Crippen molar-refractivity contribution < 1.29 is 4.74 Å². The van der Waals surface area contributed by atoms with E-state index in [2.05, 4.69) is 63.3 Å². The monoisotopic (exact) mass is 355 g/mol. The van der Waals surface area contributed by atoms with Gasteiger partial charge in [0.1, 0.15) is 0 Å². The van der Waals surface area contributed by atoms with E-state index < -0.39 is 0 Å². The summed E-state index contributed by atoms with van der Waals surface area (Å²) in [5, 5.41) is 3.44. The van der Waals surface area contributed by atoms with Gasteiger partial charge in [0.05, 0.1) is 6.61 Å². The number of benzene rings is 1. The van der Waals surface area contributed by atoms with Crippen LogP contribution in [0.3, 0.4) is 0 Å². The second kappa shape index (κ2) is 8.13. The van der Waals surface area contributed by atoms with E-state index in [1.54, 1.807) is 7.11 Å². The topological polar surface area (TPSA) is 27.7 Å². The molecule has 5 heteroatoms. The molecule has 1 fully saturated rings. The Labute approximate surface area is 136 Å². The zero-order valence-electron chi connectivity index (χ0n) is 13.2. The molecule has 1 unspecified atom stereocenters. The lowest BCUT2D eigenvalue weighted by atomic mass is 10.1. The van der Waals surface area contributed by atoms with Crippen molar-refractivity contribution in [3.8, 4) is 0 Å². The Balaban J connectivity index is 2.04. The highest BCUT2D eigenvalue weighted by molar-refractivity contribution is 9.10. The molecule has 118 valence electrons. The van der Waals surface area contributed by atoms with Crippen molar-refractivity contribution in [2.24, 2.45) is 0 Å². The molecule has 4 nitrogen and oxygen atoms in total. The third-order valence-corrected chi connectivity index (χ3v) is 4.57. The minimum Gasteiger partial charge on any atom is -0.383 e. The number of likely N-dealkylation sites (N-methyl/N-ethyl adjacent to an activating group) is 1. The molecule has 0 amide bonds. The van der Waals surface area contributed by atoms with Crippen LogP contribution in [0.4, 0.5) is 5.69 Å². The fraction of sp³-hybridized carbons (Fsp3) is 0.625. The smallest absolute Gasteiger partial charge is 0.0587 e. The number of nitrogens with one attached hydrogen (secondary N) is 1. The van der Waals surface area contributed by atoms with Gasteiger partial charge in [0, 0.05) is 49.5 Å². The largest absolute Gasteiger partial charge is 0.383 e. The van der Waals surface area contributed by atoms with Crippen molar-refractivity contribution in [3.05, 3.63) is 28.2 Å². The van der Waals surface area contributed by atoms with Gasteiger partial charge in [-0.05, 0) is 44.3 Å². The summed E-state index contributed by atoms with van der Waals surface area (Å²) in [4.78, 5) is 4.83. The highest BCUT2D eigenvalue weighted by Crippen LogP contribution is 2.28. The summed E-state index contributed by atoms with van der Waals surface area (Å²) in [6.45, 7) is 4.75. The van der Waals surface area contributed by atoms with E-state index in [1.165, 1.54) is 17.7 Å². The van der Waals surface area contributed by atoms with Crippen molar-refractivity contribution >= 4 is 21.6 Å². The van der Waals surface area contributed by atoms with E-state index >= 15 is 0 Å². The van der Waals surface area contributed by atoms with Crippen LogP contribution < -0.4 is 10.2 Å². The van der Waals surface area contributed by atoms with Crippen molar-refractivity contribution in [1.29, 1.82) is 0 Å². The zero-order chi connectivity index (χ0) is 15.2. The van der Waals surface area contributed by atoms with E-state index in [0.29, 0.717) is 6.04 Å². The molecule has 1 aromatic carbocycles. The Morgan fingerprint density at radius 1 is 1.43 bits per heavy atom. The molecule has 0 aliphatic carbocycles. The molecule has 1 saturated heterocycles. The van der Waals surface area contributed by atoms with Gasteiger partial charge in [0.15, 0.2) is 0 Å². The highest BCUT2D eigenvalue weighted by atomic mass is 79.9. The molecule has 0 saturated carbocycles. The van der Waals surface area contributed by atoms with E-state index in [9.17, 15) is 0 Å². The summed E-state index contributed by atoms with van der Waals surface area (Å²) in [6, 6.07) is 7.24. The Morgan fingerprint density at radius 2 is 2.24 bits per heavy atom. The number of anilines is 1. The lowest BCUT2D eigenvalue weighted by Crippen LogP contribution is -2.32. The van der Waals surface area contributed by atoms with Crippen LogP contribution in [-0.2, 0) is 11.3 Å². The maximum Gasteiger partial charge on any atom is 0.0587 e. The summed E-state index contributed by atoms with van der Waals surface area (Å²) in [7, 11) is 6.07. The van der Waals surface area contributed by atoms with Crippen LogP contribution in [0.2, 0.25) is 0 Å². The summed E-state index contributed by atoms with van der Waals surface area (Å²) >= 11 is 3.58. The number of nitrogens with zero attached hydrogens (tertiary/aromatic N) is 2. The van der Waals surface area contributed by atoms with Crippen LogP contribution in [-0.4, -0.2) is 58.4 Å². The lowest BCUT2D eigenvalue weighted by molar-refractivity contribution is 0.199. The Kier molecular flexibility index (Phi) is 6.48. The minimum atomic E-state index is 0.656. The Morgan fingerprint density at radius 3 is 2.90 bits per heavy atom. The predicted octanol–water partition coefficient (Wildman–Crippen LogP) is 2.33. The van der Waals surface area contributed by atoms with Gasteiger partial charge < -0.3 is 19.9 Å². The fourth-order valence-electron chi connectivity index (χ4n) is 2.78. The van der Waals surface area contributed by atoms with Gasteiger partial charge in [0.2, 0.25) is 0 Å². The number of halogens is 1. The number of rotatable bonds is 7. The quantitative estimate of drug-likeness (QED) is 0.759. The van der Waals surface area contributed by atoms with Crippen LogP contribution in [0, 0.1) is 0 Å². The molecule has 0 radical (unpaired) electrons. The molecular weight excluding hydrogens is 330 g/mol. The molecule has 1 aliphatic heterocycles. The molecule has 1 aliphatic rings. The maximum absolute atomic E-state index is 5.09. The summed E-state index contributed by atoms with van der Waals surface area (Å²) < 4.78 is 6.22. The molecule has 21 heavy (non-hydrogen) atoms. The molecule has 0 spiro atoms. The molecule has 1 aromatic rings. The van der Waals surface area contributed by atoms with Crippen LogP contribution in [0.15, 0.2) is 22.7 Å². The summed E-state index contributed by atoms with van der Waals surface area (Å²) in [6.07, 6.45) is 1.24. The fourth-order valence-corrected chi connectivity index (χ4v) is 3.19. The second-order valence-corrected chi connectivity index (χ2v) is 6.71. The molecule has 1 N–H and O–H groups in total. The van der Waals surface area contributed by atoms with Gasteiger partial charge >= 0.3 is 0 Å². The Bertz CT molecular complexity index is 453. The average molecular weight is 356 g/mol. The molecule has 0 aromatic heterocycles. The van der Waals surface area contributed by atoms with Crippen LogP contribution in [0.25, 0.3) is 0 Å². The third-order valence-electron chi connectivity index (χ3n) is 4.07. The van der Waals surface area contributed by atoms with Crippen molar-refractivity contribution in [2.45, 2.75) is 19.0 Å². The van der Waals surface area contributed by atoms with Crippen molar-refractivity contribution in [3.63, 3.8) is 0 Å². The van der Waals surface area contributed by atoms with Gasteiger partial charge in [-0.15, -0.1) is 0 Å². The zero-order valence-corrected chi connectivity index (χ0v) is 14.8. The molecule has 2 rings (SSSR count). The first kappa shape index (κ1) is 16.7. The highest BCUT2D eigenvalue weighted by Gasteiger charge is 2.25. The van der Waals surface area contributed by atoms with Crippen LogP contribution in [0.5, 0.6) is 0 Å². The van der Waals surface area contributed by atoms with Gasteiger partial charge in [-0.2, -0.15) is 0 Å². The van der Waals surface area contributed by atoms with Crippen LogP contribution in [0.1, 0.15) is 12.0 Å². The first-order valence-electron chi connectivity index (χ1n) is 7.51. The first-order valence-corrected chi connectivity index (χ1v) is 8.30. The normalized spacial score (nSPS) is 18.7. The number of methoxy groups -OCH3 is 1. The first-order chi connectivity index (χ1) is 10.1. The third kappa shape index (κ3) is 4.68. The molecule has 1 atom stereocenters. The summed E-state index contributed by atoms with van der Waals surface area (Å²) in [5.41, 5.74) is 2.70. The van der Waals surface area contributed by atoms with Gasteiger partial charge in [-0.25, -0.2) is 0 Å². The maximum atomic E-state index is 5.09. The Hall–Kier alpha value is -0.620. The van der Waals surface area contributed by atoms with E-state index in [4.69, 9.17) is 4.74 Å². The number of hydrogen-bond acceptors (Lipinski definition) is 4. The number of ether oxygens (including phenoxy) is 1. The van der Waals surface area contributed by atoms with E-state index in [-0.39, 0.29) is 0 Å². The SMILES string of the molecule is COCCNCc1cc(Br)ccc1N1CCC(N(C)C)C1. The lowest BCUT2D eigenvalue weighted by Gasteiger charge is -2.24. The second-order valence-electron chi connectivity index (χ2n) is 5.79. The summed E-state index contributed by atoms with van der Waals surface area (Å²) in [5.74, 6) is 0. The van der Waals surface area contributed by atoms with E-state index in [0.717, 1.165) is 37.3 Å². The van der Waals surface area contributed by atoms with Gasteiger partial charge in [0.25, 0.3) is 0 Å². The molecular formula is C16H26BrN3O. The van der Waals surface area contributed by atoms with E-state index in [1.807, 2.05) is 0 Å². The van der Waals surface area contributed by atoms with Gasteiger partial charge in [-0.3, -0.25) is 0 Å². The average Bonchev–Trinajstić information content (AvgIpc) is 2.93. The standard InChI is InChI=1S/C16H26BrN3O/c1-19(2)15-6-8-20(12-15)16-5-4-14(17)10-13(16)11-18-7-9-21-3/h4-5,10,15,18H,6-9,11-12H2,1-3H3. The minimum absolute atomic E-state index is 0.656. The predicted molar refractivity (Wildman–Crippen MR) is 92.0 cm³/mol. The van der Waals surface area contributed by atoms with Crippen LogP contribution >= 0.6 is 15.9 Å². The van der Waals surface area contributed by atoms with Gasteiger partial charge in [-0.1, -0.05) is 15.9 Å². The van der Waals surface area contributed by atoms with Crippen molar-refractivity contribution in [2.75, 3.05) is 52.3 Å². The van der Waals surface area contributed by atoms with Crippen molar-refractivity contribution in [1.82, 2.24) is 10.2 Å². The molecule has 0 bridgehead atoms. The number of hydrogen-bond donors (Lipinski definition) is 1.